The van der Waals surface area contributed by atoms with Gasteiger partial charge in [0.1, 0.15) is 23.5 Å². The SMILES string of the molecule is CC(C)(C)c1nn(-c2ncnc3nc[nH]c23)c(Cl)c1C#N. The molecule has 0 spiro atoms. The highest BCUT2D eigenvalue weighted by Gasteiger charge is 2.27. The highest BCUT2D eigenvalue weighted by Crippen LogP contribution is 2.31. The summed E-state index contributed by atoms with van der Waals surface area (Å²) in [6.45, 7) is 5.92. The van der Waals surface area contributed by atoms with E-state index in [1.807, 2.05) is 20.8 Å². The second kappa shape index (κ2) is 4.53. The lowest BCUT2D eigenvalue weighted by atomic mass is 9.90. The topological polar surface area (TPSA) is 96.1 Å². The number of H-pyrrole nitrogens is 1. The summed E-state index contributed by atoms with van der Waals surface area (Å²) in [5.41, 5.74) is 1.81. The van der Waals surface area contributed by atoms with Gasteiger partial charge in [-0.05, 0) is 0 Å². The lowest BCUT2D eigenvalue weighted by molar-refractivity contribution is 0.558. The summed E-state index contributed by atoms with van der Waals surface area (Å²) in [5.74, 6) is 0.467. The van der Waals surface area contributed by atoms with Gasteiger partial charge < -0.3 is 4.98 Å². The molecule has 0 aliphatic rings. The molecule has 0 radical (unpaired) electrons. The van der Waals surface area contributed by atoms with E-state index in [9.17, 15) is 5.26 Å². The summed E-state index contributed by atoms with van der Waals surface area (Å²) in [4.78, 5) is 15.3. The number of fused-ring (bicyclic) bond motifs is 1. The van der Waals surface area contributed by atoms with Crippen LogP contribution in [0.3, 0.4) is 0 Å². The van der Waals surface area contributed by atoms with Gasteiger partial charge in [0.05, 0.1) is 12.0 Å². The van der Waals surface area contributed by atoms with E-state index in [0.717, 1.165) is 0 Å². The quantitative estimate of drug-likeness (QED) is 0.744. The van der Waals surface area contributed by atoms with Crippen LogP contribution in [0.1, 0.15) is 32.0 Å². The Morgan fingerprint density at radius 3 is 2.67 bits per heavy atom. The van der Waals surface area contributed by atoms with Crippen LogP contribution >= 0.6 is 11.6 Å². The van der Waals surface area contributed by atoms with E-state index in [4.69, 9.17) is 11.6 Å². The largest absolute Gasteiger partial charge is 0.340 e. The van der Waals surface area contributed by atoms with Crippen molar-refractivity contribution in [1.29, 1.82) is 5.26 Å². The van der Waals surface area contributed by atoms with Crippen LogP contribution in [0, 0.1) is 11.3 Å². The molecule has 3 aromatic heterocycles. The molecule has 8 heteroatoms. The molecule has 3 aromatic rings. The van der Waals surface area contributed by atoms with Crippen molar-refractivity contribution in [3.05, 3.63) is 29.1 Å². The molecule has 0 fully saturated rings. The first-order chi connectivity index (χ1) is 9.93. The highest BCUT2D eigenvalue weighted by molar-refractivity contribution is 6.31. The number of aromatic nitrogens is 6. The number of imidazole rings is 1. The van der Waals surface area contributed by atoms with Gasteiger partial charge in [-0.3, -0.25) is 0 Å². The fourth-order valence-electron chi connectivity index (χ4n) is 2.07. The third kappa shape index (κ3) is 2.04. The van der Waals surface area contributed by atoms with Crippen LogP contribution in [0.15, 0.2) is 12.7 Å². The fraction of sp³-hybridized carbons (Fsp3) is 0.308. The Bertz CT molecular complexity index is 863. The Morgan fingerprint density at radius 2 is 2.05 bits per heavy atom. The zero-order valence-corrected chi connectivity index (χ0v) is 12.5. The second-order valence-electron chi connectivity index (χ2n) is 5.59. The molecule has 0 saturated carbocycles. The van der Waals surface area contributed by atoms with Crippen LogP contribution in [0.2, 0.25) is 5.15 Å². The molecule has 0 aliphatic carbocycles. The predicted molar refractivity (Wildman–Crippen MR) is 77.2 cm³/mol. The second-order valence-corrected chi connectivity index (χ2v) is 5.94. The molecule has 1 N–H and O–H groups in total. The van der Waals surface area contributed by atoms with E-state index in [1.54, 1.807) is 0 Å². The number of nitrogens with zero attached hydrogens (tertiary/aromatic N) is 6. The molecular formula is C13H12ClN7. The molecule has 106 valence electrons. The molecule has 3 rings (SSSR count). The van der Waals surface area contributed by atoms with Crippen molar-refractivity contribution < 1.29 is 0 Å². The lowest BCUT2D eigenvalue weighted by Gasteiger charge is -2.14. The first kappa shape index (κ1) is 13.5. The first-order valence-corrected chi connectivity index (χ1v) is 6.65. The lowest BCUT2D eigenvalue weighted by Crippen LogP contribution is -2.14. The average molecular weight is 302 g/mol. The predicted octanol–water partition coefficient (Wildman–Crippen LogP) is 2.36. The molecule has 7 nitrogen and oxygen atoms in total. The molecule has 0 bridgehead atoms. The summed E-state index contributed by atoms with van der Waals surface area (Å²) in [6.07, 6.45) is 2.91. The zero-order chi connectivity index (χ0) is 15.2. The van der Waals surface area contributed by atoms with Crippen molar-refractivity contribution in [1.82, 2.24) is 29.7 Å². The fourth-order valence-corrected chi connectivity index (χ4v) is 2.32. The number of rotatable bonds is 1. The highest BCUT2D eigenvalue weighted by atomic mass is 35.5. The monoisotopic (exact) mass is 301 g/mol. The van der Waals surface area contributed by atoms with Crippen molar-refractivity contribution in [2.75, 3.05) is 0 Å². The van der Waals surface area contributed by atoms with E-state index in [1.165, 1.54) is 17.3 Å². The molecule has 0 aliphatic heterocycles. The minimum absolute atomic E-state index is 0.233. The van der Waals surface area contributed by atoms with Gasteiger partial charge in [-0.15, -0.1) is 0 Å². The Labute approximate surface area is 125 Å². The maximum Gasteiger partial charge on any atom is 0.184 e. The molecule has 21 heavy (non-hydrogen) atoms. The number of hydrogen-bond acceptors (Lipinski definition) is 5. The summed E-state index contributed by atoms with van der Waals surface area (Å²) < 4.78 is 1.45. The van der Waals surface area contributed by atoms with Gasteiger partial charge in [0.2, 0.25) is 0 Å². The van der Waals surface area contributed by atoms with Crippen LogP contribution in [0.5, 0.6) is 0 Å². The van der Waals surface area contributed by atoms with E-state index >= 15 is 0 Å². The standard InChI is InChI=1S/C13H12ClN7/c1-13(2,3)9-7(4-15)10(14)21(20-9)12-8-11(17-5-16-8)18-6-19-12/h5-6H,1-3H3,(H,16,17,18,19). The molecule has 0 unspecified atom stereocenters. The van der Waals surface area contributed by atoms with Gasteiger partial charge in [-0.2, -0.15) is 15.0 Å². The van der Waals surface area contributed by atoms with Crippen molar-refractivity contribution in [3.63, 3.8) is 0 Å². The van der Waals surface area contributed by atoms with Crippen LogP contribution in [-0.2, 0) is 5.41 Å². The van der Waals surface area contributed by atoms with Crippen LogP contribution in [0.25, 0.3) is 17.0 Å². The molecule has 0 amide bonds. The van der Waals surface area contributed by atoms with Gasteiger partial charge in [0.15, 0.2) is 16.6 Å². The van der Waals surface area contributed by atoms with E-state index in [0.29, 0.717) is 28.2 Å². The summed E-state index contributed by atoms with van der Waals surface area (Å²) in [7, 11) is 0. The Balaban J connectivity index is 2.32. The normalized spacial score (nSPS) is 11.8. The number of halogens is 1. The number of hydrogen-bond donors (Lipinski definition) is 1. The van der Waals surface area contributed by atoms with E-state index < -0.39 is 0 Å². The van der Waals surface area contributed by atoms with Gasteiger partial charge in [-0.1, -0.05) is 32.4 Å². The Morgan fingerprint density at radius 1 is 1.29 bits per heavy atom. The van der Waals surface area contributed by atoms with Crippen LogP contribution in [0.4, 0.5) is 0 Å². The van der Waals surface area contributed by atoms with Gasteiger partial charge in [-0.25, -0.2) is 15.0 Å². The molecular weight excluding hydrogens is 290 g/mol. The first-order valence-electron chi connectivity index (χ1n) is 6.27. The molecule has 3 heterocycles. The number of aromatic amines is 1. The molecule has 0 atom stereocenters. The summed E-state index contributed by atoms with van der Waals surface area (Å²) in [6, 6.07) is 2.12. The third-order valence-electron chi connectivity index (χ3n) is 3.05. The molecule has 0 saturated heterocycles. The summed E-state index contributed by atoms with van der Waals surface area (Å²) in [5, 5.41) is 14.1. The van der Waals surface area contributed by atoms with Crippen LogP contribution < -0.4 is 0 Å². The van der Waals surface area contributed by atoms with Gasteiger partial charge in [0.25, 0.3) is 0 Å². The van der Waals surface area contributed by atoms with Crippen molar-refractivity contribution >= 4 is 22.8 Å². The van der Waals surface area contributed by atoms with Crippen molar-refractivity contribution in [3.8, 4) is 11.9 Å². The smallest absolute Gasteiger partial charge is 0.184 e. The van der Waals surface area contributed by atoms with E-state index in [-0.39, 0.29) is 10.6 Å². The van der Waals surface area contributed by atoms with Gasteiger partial charge in [0, 0.05) is 5.41 Å². The zero-order valence-electron chi connectivity index (χ0n) is 11.7. The average Bonchev–Trinajstić information content (AvgIpc) is 3.01. The third-order valence-corrected chi connectivity index (χ3v) is 3.40. The van der Waals surface area contributed by atoms with Crippen molar-refractivity contribution in [2.24, 2.45) is 0 Å². The minimum Gasteiger partial charge on any atom is -0.340 e. The van der Waals surface area contributed by atoms with E-state index in [2.05, 4.69) is 31.1 Å². The number of nitriles is 1. The Kier molecular flexibility index (Phi) is 2.92. The maximum absolute atomic E-state index is 9.36. The maximum atomic E-state index is 9.36. The Hall–Kier alpha value is -2.46. The number of nitrogens with one attached hydrogen (secondary N) is 1. The van der Waals surface area contributed by atoms with Crippen molar-refractivity contribution in [2.45, 2.75) is 26.2 Å². The van der Waals surface area contributed by atoms with Crippen LogP contribution in [-0.4, -0.2) is 29.7 Å². The van der Waals surface area contributed by atoms with Gasteiger partial charge >= 0.3 is 0 Å². The summed E-state index contributed by atoms with van der Waals surface area (Å²) >= 11 is 6.32. The minimum atomic E-state index is -0.305. The molecule has 0 aromatic carbocycles.